The molecule has 0 fully saturated rings. The summed E-state index contributed by atoms with van der Waals surface area (Å²) in [6.07, 6.45) is 5.08. The third-order valence-corrected chi connectivity index (χ3v) is 1.28. The van der Waals surface area contributed by atoms with E-state index in [9.17, 15) is 0 Å². The van der Waals surface area contributed by atoms with E-state index >= 15 is 0 Å². The summed E-state index contributed by atoms with van der Waals surface area (Å²) in [5.41, 5.74) is 1.07. The van der Waals surface area contributed by atoms with Gasteiger partial charge in [-0.3, -0.25) is 0 Å². The molecule has 0 aliphatic heterocycles. The van der Waals surface area contributed by atoms with Crippen molar-refractivity contribution in [2.75, 3.05) is 0 Å². The van der Waals surface area contributed by atoms with Gasteiger partial charge in [0.25, 0.3) is 0 Å². The van der Waals surface area contributed by atoms with Gasteiger partial charge in [-0.15, -0.1) is 0 Å². The summed E-state index contributed by atoms with van der Waals surface area (Å²) in [7, 11) is 0. The summed E-state index contributed by atoms with van der Waals surface area (Å²) < 4.78 is 4.66. The molecule has 1 aromatic heterocycles. The van der Waals surface area contributed by atoms with E-state index in [-0.39, 0.29) is 6.15 Å². The second kappa shape index (κ2) is 4.99. The smallest absolute Gasteiger partial charge is 0.124 e. The fourth-order valence-corrected chi connectivity index (χ4v) is 0.724. The number of aryl methyl sites for hydroxylation is 1. The van der Waals surface area contributed by atoms with Crippen molar-refractivity contribution in [2.24, 2.45) is 0 Å². The third kappa shape index (κ3) is 2.64. The third-order valence-electron chi connectivity index (χ3n) is 1.28. The molecule has 3 N–H and O–H groups in total. The van der Waals surface area contributed by atoms with Gasteiger partial charge in [-0.2, -0.15) is 0 Å². The second-order valence-electron chi connectivity index (χ2n) is 2.09. The average molecular weight is 142 g/mol. The zero-order valence-corrected chi connectivity index (χ0v) is 6.34. The largest absolute Gasteiger partial charge is 0.365 e. The molecule has 3 heteroatoms. The number of unbranched alkanes of at least 4 members (excludes halogenated alkanes) is 1. The van der Waals surface area contributed by atoms with Crippen LogP contribution in [0.4, 0.5) is 0 Å². The van der Waals surface area contributed by atoms with Crippen LogP contribution in [0, 0.1) is 0 Å². The number of hydrogen-bond acceptors (Lipinski definition) is 3. The minimum atomic E-state index is 0. The molecule has 3 nitrogen and oxygen atoms in total. The Hall–Kier alpha value is -0.830. The standard InChI is InChI=1S/C7H11NO.H3N/c1-2-3-4-7-5-6-9-8-7;/h5-6H,2-4H2,1H3;1H3. The van der Waals surface area contributed by atoms with Crippen molar-refractivity contribution < 1.29 is 4.52 Å². The highest BCUT2D eigenvalue weighted by Crippen LogP contribution is 2.00. The van der Waals surface area contributed by atoms with Crippen LogP contribution < -0.4 is 6.15 Å². The lowest BCUT2D eigenvalue weighted by atomic mass is 10.2. The van der Waals surface area contributed by atoms with Crippen molar-refractivity contribution in [3.05, 3.63) is 18.0 Å². The quantitative estimate of drug-likeness (QED) is 0.703. The highest BCUT2D eigenvalue weighted by atomic mass is 16.5. The Bertz CT molecular complexity index is 149. The SMILES string of the molecule is CCCCc1ccon1.N. The van der Waals surface area contributed by atoms with Crippen LogP contribution in [0.25, 0.3) is 0 Å². The lowest BCUT2D eigenvalue weighted by Crippen LogP contribution is -1.81. The fourth-order valence-electron chi connectivity index (χ4n) is 0.724. The molecule has 0 spiro atoms. The maximum atomic E-state index is 4.66. The molecule has 58 valence electrons. The molecular formula is C7H14N2O. The van der Waals surface area contributed by atoms with Gasteiger partial charge in [0, 0.05) is 6.07 Å². The van der Waals surface area contributed by atoms with E-state index in [1.165, 1.54) is 12.8 Å². The van der Waals surface area contributed by atoms with E-state index in [0.29, 0.717) is 0 Å². The normalized spacial score (nSPS) is 8.90. The van der Waals surface area contributed by atoms with E-state index < -0.39 is 0 Å². The summed E-state index contributed by atoms with van der Waals surface area (Å²) >= 11 is 0. The summed E-state index contributed by atoms with van der Waals surface area (Å²) in [6.45, 7) is 2.17. The Labute approximate surface area is 61.0 Å². The van der Waals surface area contributed by atoms with Gasteiger partial charge in [0.1, 0.15) is 6.26 Å². The predicted octanol–water partition coefficient (Wildman–Crippen LogP) is 2.18. The van der Waals surface area contributed by atoms with Crippen molar-refractivity contribution in [1.82, 2.24) is 11.3 Å². The van der Waals surface area contributed by atoms with Crippen LogP contribution in [0.3, 0.4) is 0 Å². The molecule has 0 saturated heterocycles. The Morgan fingerprint density at radius 3 is 2.90 bits per heavy atom. The maximum absolute atomic E-state index is 4.66. The Balaban J connectivity index is 0.000000810. The van der Waals surface area contributed by atoms with Gasteiger partial charge >= 0.3 is 0 Å². The summed E-state index contributed by atoms with van der Waals surface area (Å²) in [6, 6.07) is 1.91. The minimum absolute atomic E-state index is 0. The monoisotopic (exact) mass is 142 g/mol. The zero-order valence-electron chi connectivity index (χ0n) is 6.34. The zero-order chi connectivity index (χ0) is 6.53. The molecule has 0 unspecified atom stereocenters. The molecule has 1 aromatic rings. The van der Waals surface area contributed by atoms with Crippen LogP contribution in [0.2, 0.25) is 0 Å². The Morgan fingerprint density at radius 2 is 2.40 bits per heavy atom. The number of rotatable bonds is 3. The molecule has 0 aliphatic carbocycles. The predicted molar refractivity (Wildman–Crippen MR) is 40.1 cm³/mol. The van der Waals surface area contributed by atoms with Crippen molar-refractivity contribution in [3.63, 3.8) is 0 Å². The molecule has 0 aliphatic rings. The van der Waals surface area contributed by atoms with Crippen LogP contribution in [-0.2, 0) is 6.42 Å². The maximum Gasteiger partial charge on any atom is 0.124 e. The van der Waals surface area contributed by atoms with Crippen molar-refractivity contribution in [1.29, 1.82) is 0 Å². The van der Waals surface area contributed by atoms with Gasteiger partial charge in [-0.05, 0) is 12.8 Å². The van der Waals surface area contributed by atoms with Crippen molar-refractivity contribution >= 4 is 0 Å². The molecule has 0 aromatic carbocycles. The van der Waals surface area contributed by atoms with E-state index in [1.807, 2.05) is 6.07 Å². The average Bonchev–Trinajstić information content (AvgIpc) is 2.34. The molecule has 0 atom stereocenters. The van der Waals surface area contributed by atoms with Gasteiger partial charge < -0.3 is 10.7 Å². The van der Waals surface area contributed by atoms with E-state index in [4.69, 9.17) is 0 Å². The van der Waals surface area contributed by atoms with Crippen molar-refractivity contribution in [2.45, 2.75) is 26.2 Å². The number of hydrogen-bond donors (Lipinski definition) is 1. The second-order valence-corrected chi connectivity index (χ2v) is 2.09. The topological polar surface area (TPSA) is 61.0 Å². The van der Waals surface area contributed by atoms with Crippen LogP contribution >= 0.6 is 0 Å². The summed E-state index contributed by atoms with van der Waals surface area (Å²) in [4.78, 5) is 0. The van der Waals surface area contributed by atoms with E-state index in [0.717, 1.165) is 12.1 Å². The number of nitrogens with zero attached hydrogens (tertiary/aromatic N) is 1. The van der Waals surface area contributed by atoms with Gasteiger partial charge in [0.2, 0.25) is 0 Å². The van der Waals surface area contributed by atoms with Crippen LogP contribution in [0.15, 0.2) is 16.9 Å². The highest BCUT2D eigenvalue weighted by molar-refractivity contribution is 4.94. The first-order valence-corrected chi connectivity index (χ1v) is 3.32. The molecule has 0 radical (unpaired) electrons. The van der Waals surface area contributed by atoms with Gasteiger partial charge in [-0.25, -0.2) is 0 Å². The molecule has 0 amide bonds. The summed E-state index contributed by atoms with van der Waals surface area (Å²) in [5, 5.41) is 3.78. The first-order chi connectivity index (χ1) is 4.43. The summed E-state index contributed by atoms with van der Waals surface area (Å²) in [5.74, 6) is 0. The van der Waals surface area contributed by atoms with E-state index in [2.05, 4.69) is 16.6 Å². The van der Waals surface area contributed by atoms with Gasteiger partial charge in [0.05, 0.1) is 5.69 Å². The molecular weight excluding hydrogens is 128 g/mol. The fraction of sp³-hybridized carbons (Fsp3) is 0.571. The molecule has 0 saturated carbocycles. The van der Waals surface area contributed by atoms with E-state index in [1.54, 1.807) is 6.26 Å². The molecule has 1 rings (SSSR count). The highest BCUT2D eigenvalue weighted by Gasteiger charge is 1.92. The lowest BCUT2D eigenvalue weighted by Gasteiger charge is -1.87. The van der Waals surface area contributed by atoms with Crippen molar-refractivity contribution in [3.8, 4) is 0 Å². The number of aromatic nitrogens is 1. The first-order valence-electron chi connectivity index (χ1n) is 3.32. The molecule has 10 heavy (non-hydrogen) atoms. The van der Waals surface area contributed by atoms with Gasteiger partial charge in [0.15, 0.2) is 0 Å². The Kier molecular flexibility index (Phi) is 4.58. The van der Waals surface area contributed by atoms with Crippen LogP contribution in [0.5, 0.6) is 0 Å². The molecule has 0 bridgehead atoms. The first kappa shape index (κ1) is 9.17. The Morgan fingerprint density at radius 1 is 1.60 bits per heavy atom. The van der Waals surface area contributed by atoms with Crippen LogP contribution in [-0.4, -0.2) is 5.16 Å². The lowest BCUT2D eigenvalue weighted by molar-refractivity contribution is 0.410. The molecule has 1 heterocycles. The minimum Gasteiger partial charge on any atom is -0.365 e. The van der Waals surface area contributed by atoms with Gasteiger partial charge in [-0.1, -0.05) is 18.5 Å². The van der Waals surface area contributed by atoms with Crippen LogP contribution in [0.1, 0.15) is 25.5 Å².